The van der Waals surface area contributed by atoms with Gasteiger partial charge in [-0.15, -0.1) is 0 Å². The van der Waals surface area contributed by atoms with Crippen LogP contribution < -0.4 is 33.9 Å². The molecular weight excluding hydrogens is 550 g/mol. The Balaban J connectivity index is 2.06. The minimum absolute atomic E-state index is 0.0691. The largest absolute Gasteiger partial charge is 0.497 e. The number of sulfonamides is 1. The van der Waals surface area contributed by atoms with E-state index in [9.17, 15) is 18.0 Å². The van der Waals surface area contributed by atoms with E-state index >= 15 is 0 Å². The van der Waals surface area contributed by atoms with Crippen molar-refractivity contribution in [1.29, 1.82) is 0 Å². The molecule has 3 rings (SSSR count). The van der Waals surface area contributed by atoms with Crippen molar-refractivity contribution < 1.29 is 37.0 Å². The number of nitrogens with one attached hydrogen (secondary N) is 2. The minimum atomic E-state index is -4.38. The number of rotatable bonds is 13. The first-order valence-corrected chi connectivity index (χ1v) is 14.2. The number of carbonyl (C=O) groups excluding carboxylic acids is 2. The third kappa shape index (κ3) is 7.20. The van der Waals surface area contributed by atoms with Crippen LogP contribution in [0.2, 0.25) is 0 Å². The Bertz CT molecular complexity index is 1490. The van der Waals surface area contributed by atoms with E-state index in [0.717, 1.165) is 10.7 Å². The molecule has 3 aromatic rings. The maximum absolute atomic E-state index is 14.1. The molecule has 3 aromatic carbocycles. The standard InChI is InChI=1S/C29H35N3O8S/c1-7-19(2)30-29(34)22-10-8-9-11-23(22)31-28(33)18-32(24-16-20(37-3)12-14-25(24)38-4)41(35,36)21-13-15-26(39-5)27(17-21)40-6/h8-17,19H,7,18H2,1-6H3,(H,30,34)(H,31,33)/t19-/m0/s1. The summed E-state index contributed by atoms with van der Waals surface area (Å²) in [4.78, 5) is 26.1. The first kappa shape index (κ1) is 31.1. The smallest absolute Gasteiger partial charge is 0.265 e. The normalized spacial score (nSPS) is 11.7. The number of hydrogen-bond acceptors (Lipinski definition) is 8. The van der Waals surface area contributed by atoms with Gasteiger partial charge in [0.05, 0.1) is 50.3 Å². The molecule has 0 fully saturated rings. The fourth-order valence-electron chi connectivity index (χ4n) is 3.91. The van der Waals surface area contributed by atoms with Gasteiger partial charge in [-0.2, -0.15) is 0 Å². The third-order valence-corrected chi connectivity index (χ3v) is 8.08. The highest BCUT2D eigenvalue weighted by Crippen LogP contribution is 2.37. The number of anilines is 2. The number of hydrogen-bond donors (Lipinski definition) is 2. The predicted molar refractivity (Wildman–Crippen MR) is 156 cm³/mol. The molecule has 0 saturated carbocycles. The summed E-state index contributed by atoms with van der Waals surface area (Å²) in [5.74, 6) is 0.0119. The van der Waals surface area contributed by atoms with Crippen LogP contribution in [0.4, 0.5) is 11.4 Å². The maximum Gasteiger partial charge on any atom is 0.265 e. The van der Waals surface area contributed by atoms with Gasteiger partial charge in [0.2, 0.25) is 5.91 Å². The van der Waals surface area contributed by atoms with Gasteiger partial charge < -0.3 is 29.6 Å². The number of amides is 2. The Morgan fingerprint density at radius 3 is 2.15 bits per heavy atom. The molecular formula is C29H35N3O8S. The molecule has 0 aromatic heterocycles. The van der Waals surface area contributed by atoms with Crippen LogP contribution in [0.25, 0.3) is 0 Å². The number of methoxy groups -OCH3 is 4. The molecule has 0 spiro atoms. The topological polar surface area (TPSA) is 132 Å². The lowest BCUT2D eigenvalue weighted by atomic mass is 10.1. The zero-order chi connectivity index (χ0) is 30.2. The van der Waals surface area contributed by atoms with Crippen LogP contribution in [0.15, 0.2) is 65.6 Å². The molecule has 0 unspecified atom stereocenters. The van der Waals surface area contributed by atoms with Crippen LogP contribution in [-0.2, 0) is 14.8 Å². The number of ether oxygens (including phenoxy) is 4. The molecule has 0 bridgehead atoms. The van der Waals surface area contributed by atoms with Gasteiger partial charge in [0.25, 0.3) is 15.9 Å². The Kier molecular flexibility index (Phi) is 10.4. The van der Waals surface area contributed by atoms with E-state index in [1.54, 1.807) is 30.3 Å². The van der Waals surface area contributed by atoms with Crippen molar-refractivity contribution >= 4 is 33.2 Å². The second-order valence-corrected chi connectivity index (χ2v) is 10.8. The SMILES string of the molecule is CC[C@H](C)NC(=O)c1ccccc1NC(=O)CN(c1cc(OC)ccc1OC)S(=O)(=O)c1ccc(OC)c(OC)c1. The van der Waals surface area contributed by atoms with Crippen molar-refractivity contribution in [3.05, 3.63) is 66.2 Å². The van der Waals surface area contributed by atoms with Gasteiger partial charge >= 0.3 is 0 Å². The first-order chi connectivity index (χ1) is 19.6. The molecule has 0 aliphatic rings. The van der Waals surface area contributed by atoms with Crippen molar-refractivity contribution in [2.45, 2.75) is 31.2 Å². The van der Waals surface area contributed by atoms with Crippen molar-refractivity contribution in [3.63, 3.8) is 0 Å². The highest BCUT2D eigenvalue weighted by molar-refractivity contribution is 7.92. The predicted octanol–water partition coefficient (Wildman–Crippen LogP) is 4.08. The van der Waals surface area contributed by atoms with Crippen LogP contribution >= 0.6 is 0 Å². The quantitative estimate of drug-likeness (QED) is 0.307. The van der Waals surface area contributed by atoms with Crippen LogP contribution in [0, 0.1) is 0 Å². The summed E-state index contributed by atoms with van der Waals surface area (Å²) in [6.07, 6.45) is 0.728. The van der Waals surface area contributed by atoms with Crippen LogP contribution in [0.3, 0.4) is 0 Å². The second-order valence-electron chi connectivity index (χ2n) is 8.94. The van der Waals surface area contributed by atoms with Gasteiger partial charge in [0.1, 0.15) is 18.0 Å². The third-order valence-electron chi connectivity index (χ3n) is 6.32. The molecule has 0 aliphatic heterocycles. The lowest BCUT2D eigenvalue weighted by Crippen LogP contribution is -2.39. The molecule has 2 N–H and O–H groups in total. The summed E-state index contributed by atoms with van der Waals surface area (Å²) in [6, 6.07) is 15.1. The van der Waals surface area contributed by atoms with Gasteiger partial charge in [-0.3, -0.25) is 13.9 Å². The van der Waals surface area contributed by atoms with E-state index < -0.39 is 22.5 Å². The average molecular weight is 586 g/mol. The molecule has 0 aliphatic carbocycles. The second kappa shape index (κ2) is 13.8. The summed E-state index contributed by atoms with van der Waals surface area (Å²) in [6.45, 7) is 3.16. The number of benzene rings is 3. The number of para-hydroxylation sites is 1. The van der Waals surface area contributed by atoms with E-state index in [1.807, 2.05) is 13.8 Å². The lowest BCUT2D eigenvalue weighted by molar-refractivity contribution is -0.114. The fraction of sp³-hybridized carbons (Fsp3) is 0.310. The molecule has 11 nitrogen and oxygen atoms in total. The highest BCUT2D eigenvalue weighted by Gasteiger charge is 2.31. The van der Waals surface area contributed by atoms with E-state index in [0.29, 0.717) is 11.5 Å². The fourth-order valence-corrected chi connectivity index (χ4v) is 5.35. The van der Waals surface area contributed by atoms with E-state index in [-0.39, 0.29) is 45.3 Å². The Hall–Kier alpha value is -4.45. The van der Waals surface area contributed by atoms with Crippen molar-refractivity contribution in [3.8, 4) is 23.0 Å². The molecule has 0 saturated heterocycles. The molecule has 0 heterocycles. The zero-order valence-corrected chi connectivity index (χ0v) is 24.7. The Labute approximate surface area is 240 Å². The minimum Gasteiger partial charge on any atom is -0.497 e. The van der Waals surface area contributed by atoms with Gasteiger partial charge in [0.15, 0.2) is 11.5 Å². The lowest BCUT2D eigenvalue weighted by Gasteiger charge is -2.26. The molecule has 220 valence electrons. The molecule has 12 heteroatoms. The maximum atomic E-state index is 14.1. The van der Waals surface area contributed by atoms with E-state index in [4.69, 9.17) is 18.9 Å². The Morgan fingerprint density at radius 1 is 0.854 bits per heavy atom. The Morgan fingerprint density at radius 2 is 1.51 bits per heavy atom. The molecule has 2 amide bonds. The van der Waals surface area contributed by atoms with Crippen molar-refractivity contribution in [1.82, 2.24) is 5.32 Å². The number of nitrogens with zero attached hydrogens (tertiary/aromatic N) is 1. The van der Waals surface area contributed by atoms with Crippen LogP contribution in [0.1, 0.15) is 30.6 Å². The summed E-state index contributed by atoms with van der Waals surface area (Å²) >= 11 is 0. The van der Waals surface area contributed by atoms with Gasteiger partial charge in [0, 0.05) is 18.2 Å². The molecule has 0 radical (unpaired) electrons. The van der Waals surface area contributed by atoms with E-state index in [2.05, 4.69) is 10.6 Å². The highest BCUT2D eigenvalue weighted by atomic mass is 32.2. The zero-order valence-electron chi connectivity index (χ0n) is 23.9. The number of carbonyl (C=O) groups is 2. The van der Waals surface area contributed by atoms with Crippen molar-refractivity contribution in [2.75, 3.05) is 44.6 Å². The summed E-state index contributed by atoms with van der Waals surface area (Å²) in [5, 5.41) is 5.56. The van der Waals surface area contributed by atoms with E-state index in [1.165, 1.54) is 58.8 Å². The molecule has 41 heavy (non-hydrogen) atoms. The van der Waals surface area contributed by atoms with Crippen molar-refractivity contribution in [2.24, 2.45) is 0 Å². The van der Waals surface area contributed by atoms with Gasteiger partial charge in [-0.25, -0.2) is 8.42 Å². The molecule has 1 atom stereocenters. The van der Waals surface area contributed by atoms with Gasteiger partial charge in [-0.05, 0) is 49.7 Å². The average Bonchev–Trinajstić information content (AvgIpc) is 2.99. The summed E-state index contributed by atoms with van der Waals surface area (Å²) in [5.41, 5.74) is 0.549. The summed E-state index contributed by atoms with van der Waals surface area (Å²) < 4.78 is 50.4. The first-order valence-electron chi connectivity index (χ1n) is 12.8. The van der Waals surface area contributed by atoms with Crippen LogP contribution in [0.5, 0.6) is 23.0 Å². The van der Waals surface area contributed by atoms with Gasteiger partial charge in [-0.1, -0.05) is 19.1 Å². The summed E-state index contributed by atoms with van der Waals surface area (Å²) in [7, 11) is 1.27. The monoisotopic (exact) mass is 585 g/mol. The van der Waals surface area contributed by atoms with Crippen LogP contribution in [-0.4, -0.2) is 61.3 Å².